The summed E-state index contributed by atoms with van der Waals surface area (Å²) in [5, 5.41) is 0. The number of thiophene rings is 1. The van der Waals surface area contributed by atoms with E-state index in [4.69, 9.17) is 0 Å². The molecule has 1 aliphatic carbocycles. The van der Waals surface area contributed by atoms with Crippen molar-refractivity contribution < 1.29 is 87.8 Å². The maximum Gasteiger partial charge on any atom is 0.170 e. The zero-order valence-corrected chi connectivity index (χ0v) is 49.9. The maximum absolute atomic E-state index is 14.1. The van der Waals surface area contributed by atoms with Gasteiger partial charge in [-0.1, -0.05) is 103 Å². The molecule has 7 aromatic carbocycles. The third-order valence-electron chi connectivity index (χ3n) is 13.4. The third-order valence-corrected chi connectivity index (χ3v) is 14.5. The van der Waals surface area contributed by atoms with Gasteiger partial charge < -0.3 is 0 Å². The molecule has 1 unspecified atom stereocenters. The van der Waals surface area contributed by atoms with Crippen LogP contribution in [0.3, 0.4) is 0 Å². The van der Waals surface area contributed by atoms with Gasteiger partial charge in [0.2, 0.25) is 0 Å². The molecule has 0 spiro atoms. The molecule has 0 saturated heterocycles. The van der Waals surface area contributed by atoms with Crippen molar-refractivity contribution in [2.75, 3.05) is 0 Å². The number of rotatable bonds is 5. The summed E-state index contributed by atoms with van der Waals surface area (Å²) in [7, 11) is 0. The van der Waals surface area contributed by atoms with Crippen LogP contribution in [0.4, 0.5) is 87.8 Å². The standard InChI is InChI=1S/C18H8F8S.C14H6F8.C12H14.C8H6F4.C8H10.C7H12/c1-5-11(19)15(23)9(16(24)12(5)20)7-3-4-8(27-7)10-17(25)13(21)6(2)14(22)18(10)26;1-3-7(15)11(19)5(12(20)8(3)16)6-13(21)9(17)4(2)10(18)14(6)22;1-3-5-11-7-9-12(6-4-2)10-8-11;1-3-5(9)7(11)4(2)8(12)6(3)10;1-7-3-5-8(2)6-4-7;1-6-3-4-7(2)5-6/h3-4H,1-2H3;1-2H3;3-10H,1-2H3;1-2H3;3-6H,1-2H3;3,7H,4-5H2,1-2H3/b;;5-3+,6-4+;;;. The smallest absolute Gasteiger partial charge is 0.170 e. The van der Waals surface area contributed by atoms with Crippen LogP contribution in [0.1, 0.15) is 96.2 Å². The topological polar surface area (TPSA) is 0 Å². The summed E-state index contributed by atoms with van der Waals surface area (Å²) in [4.78, 5) is -0.837. The lowest BCUT2D eigenvalue weighted by Crippen LogP contribution is -2.09. The van der Waals surface area contributed by atoms with Crippen LogP contribution in [0.15, 0.2) is 84.5 Å². The first kappa shape index (κ1) is 72.5. The monoisotopic (exact) mass is 1270 g/mol. The Kier molecular flexibility index (Phi) is 25.8. The minimum atomic E-state index is -2.16. The van der Waals surface area contributed by atoms with E-state index in [0.29, 0.717) is 25.2 Å². The predicted octanol–water partition coefficient (Wildman–Crippen LogP) is 23.2. The SMILES string of the molecule is C/C=C/c1ccc(/C=C/C)cc1.CC1=CCC(C)C1.Cc1c(F)c(F)c(-c2c(F)c(F)c(C)c(F)c2F)c(F)c1F.Cc1c(F)c(F)c(-c2ccc(-c3c(F)c(F)c(C)c(F)c3F)s2)c(F)c1F.Cc1c(F)c(F)c(C)c(F)c1F.Cc1ccc(C)cc1. The van der Waals surface area contributed by atoms with Crippen molar-refractivity contribution in [3.05, 3.63) is 256 Å². The first-order valence-electron chi connectivity index (χ1n) is 26.3. The van der Waals surface area contributed by atoms with Crippen LogP contribution in [-0.4, -0.2) is 0 Å². The lowest BCUT2D eigenvalue weighted by molar-refractivity contribution is 0.433. The molecule has 0 aliphatic heterocycles. The first-order chi connectivity index (χ1) is 41.1. The second kappa shape index (κ2) is 31.3. The van der Waals surface area contributed by atoms with E-state index in [9.17, 15) is 87.8 Å². The van der Waals surface area contributed by atoms with E-state index in [1.165, 1.54) is 35.1 Å². The Morgan fingerprint density at radius 3 is 0.705 bits per heavy atom. The van der Waals surface area contributed by atoms with Gasteiger partial charge in [-0.15, -0.1) is 11.3 Å². The van der Waals surface area contributed by atoms with Crippen molar-refractivity contribution in [3.63, 3.8) is 0 Å². The van der Waals surface area contributed by atoms with Gasteiger partial charge in [0.15, 0.2) is 116 Å². The number of hydrogen-bond donors (Lipinski definition) is 0. The summed E-state index contributed by atoms with van der Waals surface area (Å²) in [6.45, 7) is 17.8. The Labute approximate surface area is 499 Å². The molecule has 8 aromatic rings. The Morgan fingerprint density at radius 2 is 0.523 bits per heavy atom. The zero-order chi connectivity index (χ0) is 66.7. The highest BCUT2D eigenvalue weighted by atomic mass is 32.1. The van der Waals surface area contributed by atoms with Gasteiger partial charge in [0.1, 0.15) is 0 Å². The van der Waals surface area contributed by atoms with Crippen LogP contribution in [0.25, 0.3) is 44.2 Å². The number of halogens is 20. The van der Waals surface area contributed by atoms with Crippen molar-refractivity contribution in [2.24, 2.45) is 5.92 Å². The van der Waals surface area contributed by atoms with E-state index in [-0.39, 0.29) is 0 Å². The summed E-state index contributed by atoms with van der Waals surface area (Å²) in [6.07, 6.45) is 13.3. The average molecular weight is 1270 g/mol. The highest BCUT2D eigenvalue weighted by molar-refractivity contribution is 7.18. The van der Waals surface area contributed by atoms with E-state index in [2.05, 4.69) is 94.5 Å². The van der Waals surface area contributed by atoms with E-state index < -0.39 is 182 Å². The molecule has 88 heavy (non-hydrogen) atoms. The van der Waals surface area contributed by atoms with Gasteiger partial charge >= 0.3 is 0 Å². The molecule has 0 nitrogen and oxygen atoms in total. The highest BCUT2D eigenvalue weighted by Gasteiger charge is 2.33. The first-order valence-corrected chi connectivity index (χ1v) is 27.2. The van der Waals surface area contributed by atoms with E-state index in [1.54, 1.807) is 5.57 Å². The molecule has 1 heterocycles. The van der Waals surface area contributed by atoms with Crippen molar-refractivity contribution in [3.8, 4) is 32.0 Å². The average Bonchev–Trinajstić information content (AvgIpc) is 2.15. The van der Waals surface area contributed by atoms with Crippen LogP contribution in [0.2, 0.25) is 0 Å². The van der Waals surface area contributed by atoms with Crippen LogP contribution in [0, 0.1) is 178 Å². The van der Waals surface area contributed by atoms with Gasteiger partial charge in [-0.25, -0.2) is 87.8 Å². The Hall–Kier alpha value is -7.94. The van der Waals surface area contributed by atoms with Crippen molar-refractivity contribution in [1.29, 1.82) is 0 Å². The number of hydrogen-bond acceptors (Lipinski definition) is 1. The van der Waals surface area contributed by atoms with Gasteiger partial charge in [0, 0.05) is 43.1 Å². The number of allylic oxidation sites excluding steroid dienone is 4. The summed E-state index contributed by atoms with van der Waals surface area (Å²) in [6, 6.07) is 18.8. The summed E-state index contributed by atoms with van der Waals surface area (Å²) < 4.78 is 271. The highest BCUT2D eigenvalue weighted by Crippen LogP contribution is 2.43. The fourth-order valence-electron chi connectivity index (χ4n) is 8.15. The molecule has 1 aliphatic rings. The molecule has 1 aromatic heterocycles. The van der Waals surface area contributed by atoms with Crippen molar-refractivity contribution in [2.45, 2.75) is 95.9 Å². The van der Waals surface area contributed by atoms with Crippen LogP contribution in [0.5, 0.6) is 0 Å². The molecule has 0 bridgehead atoms. The van der Waals surface area contributed by atoms with E-state index in [1.807, 2.05) is 26.0 Å². The second-order valence-electron chi connectivity index (χ2n) is 20.1. The van der Waals surface area contributed by atoms with E-state index in [0.717, 1.165) is 45.7 Å². The van der Waals surface area contributed by atoms with Crippen molar-refractivity contribution in [1.82, 2.24) is 0 Å². The molecule has 470 valence electrons. The van der Waals surface area contributed by atoms with Crippen LogP contribution < -0.4 is 0 Å². The van der Waals surface area contributed by atoms with Crippen LogP contribution >= 0.6 is 11.3 Å². The lowest BCUT2D eigenvalue weighted by atomic mass is 9.98. The Bertz CT molecular complexity index is 3500. The Morgan fingerprint density at radius 1 is 0.307 bits per heavy atom. The molecule has 9 rings (SSSR count). The Balaban J connectivity index is 0.000000241. The van der Waals surface area contributed by atoms with Gasteiger partial charge in [0.05, 0.1) is 22.3 Å². The predicted molar refractivity (Wildman–Crippen MR) is 305 cm³/mol. The summed E-state index contributed by atoms with van der Waals surface area (Å²) >= 11 is 0.316. The van der Waals surface area contributed by atoms with Gasteiger partial charge in [-0.3, -0.25) is 0 Å². The summed E-state index contributed by atoms with van der Waals surface area (Å²) in [5.41, 5.74) is -4.28. The summed E-state index contributed by atoms with van der Waals surface area (Å²) in [5.74, 6) is -33.9. The van der Waals surface area contributed by atoms with Crippen LogP contribution in [-0.2, 0) is 0 Å². The fourth-order valence-corrected chi connectivity index (χ4v) is 9.23. The second-order valence-corrected chi connectivity index (χ2v) is 21.2. The molecular weight excluding hydrogens is 1220 g/mol. The quantitative estimate of drug-likeness (QED) is 0.0915. The molecule has 0 fully saturated rings. The molecule has 0 saturated carbocycles. The lowest BCUT2D eigenvalue weighted by Gasteiger charge is -2.13. The zero-order valence-electron chi connectivity index (χ0n) is 49.1. The fraction of sp³-hybridized carbons (Fsp3) is 0.224. The molecule has 0 N–H and O–H groups in total. The van der Waals surface area contributed by atoms with Gasteiger partial charge in [0.25, 0.3) is 0 Å². The van der Waals surface area contributed by atoms with Gasteiger partial charge in [-0.2, -0.15) is 0 Å². The number of benzene rings is 7. The largest absolute Gasteiger partial charge is 0.203 e. The molecule has 0 amide bonds. The molecule has 0 radical (unpaired) electrons. The number of aryl methyl sites for hydroxylation is 2. The minimum absolute atomic E-state index is 0.316. The van der Waals surface area contributed by atoms with E-state index >= 15 is 0 Å². The molecule has 21 heteroatoms. The normalized spacial score (nSPS) is 12.5. The van der Waals surface area contributed by atoms with Gasteiger partial charge in [-0.05, 0) is 118 Å². The van der Waals surface area contributed by atoms with Crippen molar-refractivity contribution >= 4 is 23.5 Å². The minimum Gasteiger partial charge on any atom is -0.203 e. The third kappa shape index (κ3) is 16.4. The maximum atomic E-state index is 14.1. The molecular formula is C67H56F20S. The molecule has 1 atom stereocenters.